The molecule has 0 aromatic heterocycles. The zero-order chi connectivity index (χ0) is 62.8. The van der Waals surface area contributed by atoms with Crippen LogP contribution in [0, 0.1) is 10.8 Å². The Bertz CT molecular complexity index is 2710. The second-order valence-electron chi connectivity index (χ2n) is 27.9. The fourth-order valence-electron chi connectivity index (χ4n) is 14.0. The molecule has 0 fully saturated rings. The van der Waals surface area contributed by atoms with Gasteiger partial charge in [-0.05, 0) is 173 Å². The predicted octanol–water partition coefficient (Wildman–Crippen LogP) is 8.63. The molecule has 0 saturated heterocycles. The van der Waals surface area contributed by atoms with Gasteiger partial charge in [0.15, 0.2) is 19.7 Å². The molecule has 0 saturated carbocycles. The van der Waals surface area contributed by atoms with Gasteiger partial charge in [0.1, 0.15) is 11.5 Å². The highest BCUT2D eigenvalue weighted by Crippen LogP contribution is 2.52. The molecule has 4 atom stereocenters. The summed E-state index contributed by atoms with van der Waals surface area (Å²) in [7, 11) is 10.0. The molecule has 2 N–H and O–H groups in total. The average Bonchev–Trinajstić information content (AvgIpc) is 1.59. The molecule has 0 unspecified atom stereocenters. The number of anilines is 2. The number of fused-ring (bicyclic) bond motifs is 2. The van der Waals surface area contributed by atoms with Gasteiger partial charge in [0.2, 0.25) is 0 Å². The zero-order valence-electron chi connectivity index (χ0n) is 56.3. The first-order valence-electron chi connectivity index (χ1n) is 33.4. The van der Waals surface area contributed by atoms with Crippen LogP contribution in [0.4, 0.5) is 11.4 Å². The molecule has 498 valence electrons. The maximum Gasteiger partial charge on any atom is 0.179 e. The van der Waals surface area contributed by atoms with E-state index in [0.29, 0.717) is 59.8 Å². The van der Waals surface area contributed by atoms with Crippen LogP contribution in [0.25, 0.3) is 0 Å². The van der Waals surface area contributed by atoms with Crippen molar-refractivity contribution in [3.63, 3.8) is 0 Å². The van der Waals surface area contributed by atoms with Crippen LogP contribution in [0.3, 0.4) is 0 Å². The fraction of sp³-hybridized carbons (Fsp3) is 0.667. The lowest BCUT2D eigenvalue weighted by Gasteiger charge is -2.40. The standard InChI is InChI=1S/C72H116N4O8S2.2ClH/c1-13-17-43-71(44-18-14-2)55-85(79,80)65-41-35-59(73(5)6)53-63(65)67(69(71)77)57-31-37-61(38-32-57)83-51-29-23-27-49-75(9,10)47-25-21-22-26-48-76(11,12)50-28-24-30-52-84-62-39-33-58(34-40-62)68-64-54-60(74(7)8)36-42-66(64)86(81,82)56-72(70(68)78,45-19-15-3)46-20-16-4;;/h31-42,53-54,67-70,77-78H,13-30,43-52,55-56H2,1-12H3;2*1H/q+2;;/p-2/t67-,68-,69-,70-;;/m1../s1. The van der Waals surface area contributed by atoms with Crippen LogP contribution in [-0.2, 0) is 19.7 Å². The summed E-state index contributed by atoms with van der Waals surface area (Å²) in [6, 6.07) is 27.4. The van der Waals surface area contributed by atoms with E-state index in [0.717, 1.165) is 146 Å². The monoisotopic (exact) mass is 1300 g/mol. The molecule has 88 heavy (non-hydrogen) atoms. The van der Waals surface area contributed by atoms with E-state index in [9.17, 15) is 27.0 Å². The van der Waals surface area contributed by atoms with E-state index in [4.69, 9.17) is 9.47 Å². The van der Waals surface area contributed by atoms with Crippen LogP contribution in [0.15, 0.2) is 94.7 Å². The lowest BCUT2D eigenvalue weighted by molar-refractivity contribution is -0.891. The Labute approximate surface area is 547 Å². The van der Waals surface area contributed by atoms with Gasteiger partial charge in [0, 0.05) is 62.2 Å². The van der Waals surface area contributed by atoms with E-state index in [1.165, 1.54) is 38.8 Å². The number of ether oxygens (including phenoxy) is 2. The highest BCUT2D eigenvalue weighted by molar-refractivity contribution is 7.91. The fourth-order valence-corrected chi connectivity index (χ4v) is 18.4. The quantitative estimate of drug-likeness (QED) is 0.0334. The summed E-state index contributed by atoms with van der Waals surface area (Å²) in [5.41, 5.74) is 3.58. The Balaban J connectivity index is 0.00000828. The molecular weight excluding hydrogens is 1180 g/mol. The normalized spacial score (nSPS) is 19.2. The molecular formula is C72H116Cl2N4O8S2. The lowest BCUT2D eigenvalue weighted by Crippen LogP contribution is -3.00. The van der Waals surface area contributed by atoms with Crippen LogP contribution in [0.2, 0.25) is 0 Å². The van der Waals surface area contributed by atoms with Gasteiger partial charge in [-0.2, -0.15) is 0 Å². The third kappa shape index (κ3) is 21.0. The Morgan fingerprint density at radius 1 is 0.443 bits per heavy atom. The number of benzene rings is 4. The Hall–Kier alpha value is -3.60. The molecule has 0 amide bonds. The Morgan fingerprint density at radius 2 is 0.739 bits per heavy atom. The molecule has 12 nitrogen and oxygen atoms in total. The molecule has 6 rings (SSSR count). The van der Waals surface area contributed by atoms with E-state index in [1.54, 1.807) is 12.1 Å². The van der Waals surface area contributed by atoms with Crippen molar-refractivity contribution in [2.75, 3.05) is 117 Å². The van der Waals surface area contributed by atoms with E-state index >= 15 is 0 Å². The number of rotatable bonds is 37. The van der Waals surface area contributed by atoms with Crippen molar-refractivity contribution >= 4 is 31.0 Å². The number of unbranched alkanes of at least 4 members (excludes halogenated alkanes) is 11. The summed E-state index contributed by atoms with van der Waals surface area (Å²) in [6.07, 6.45) is 19.8. The molecule has 4 aromatic carbocycles. The van der Waals surface area contributed by atoms with Crippen LogP contribution in [-0.4, -0.2) is 156 Å². The third-order valence-electron chi connectivity index (χ3n) is 19.4. The zero-order valence-corrected chi connectivity index (χ0v) is 59.5. The van der Waals surface area contributed by atoms with Gasteiger partial charge in [0.05, 0.1) is 101 Å². The number of aliphatic hydroxyl groups excluding tert-OH is 2. The van der Waals surface area contributed by atoms with Gasteiger partial charge in [0.25, 0.3) is 0 Å². The molecule has 16 heteroatoms. The first-order valence-corrected chi connectivity index (χ1v) is 36.7. The van der Waals surface area contributed by atoms with Crippen molar-refractivity contribution < 1.29 is 70.3 Å². The number of sulfone groups is 2. The van der Waals surface area contributed by atoms with Crippen molar-refractivity contribution in [1.82, 2.24) is 0 Å². The molecule has 2 aliphatic heterocycles. The highest BCUT2D eigenvalue weighted by atomic mass is 35.5. The van der Waals surface area contributed by atoms with Crippen molar-refractivity contribution in [3.05, 3.63) is 107 Å². The van der Waals surface area contributed by atoms with Crippen LogP contribution in [0.1, 0.15) is 203 Å². The van der Waals surface area contributed by atoms with Crippen LogP contribution in [0.5, 0.6) is 11.5 Å². The second kappa shape index (κ2) is 35.4. The van der Waals surface area contributed by atoms with Crippen molar-refractivity contribution in [2.45, 2.75) is 203 Å². The number of hydrogen-bond acceptors (Lipinski definition) is 10. The van der Waals surface area contributed by atoms with E-state index < -0.39 is 54.5 Å². The molecule has 0 spiro atoms. The summed E-state index contributed by atoms with van der Waals surface area (Å²) in [5, 5.41) is 25.1. The van der Waals surface area contributed by atoms with Gasteiger partial charge in [-0.3, -0.25) is 0 Å². The third-order valence-corrected chi connectivity index (χ3v) is 23.4. The molecule has 2 aliphatic rings. The minimum atomic E-state index is -3.66. The van der Waals surface area contributed by atoms with Crippen LogP contribution >= 0.6 is 0 Å². The highest BCUT2D eigenvalue weighted by Gasteiger charge is 2.51. The number of nitrogens with zero attached hydrogens (tertiary/aromatic N) is 4. The summed E-state index contributed by atoms with van der Waals surface area (Å²) >= 11 is 0. The molecule has 0 radical (unpaired) electrons. The first-order chi connectivity index (χ1) is 40.9. The Kier molecular flexibility index (Phi) is 31.0. The number of hydrogen-bond donors (Lipinski definition) is 2. The topological polar surface area (TPSA) is 134 Å². The van der Waals surface area contributed by atoms with Crippen molar-refractivity contribution in [2.24, 2.45) is 10.8 Å². The summed E-state index contributed by atoms with van der Waals surface area (Å²) in [6.45, 7) is 14.5. The molecule has 2 heterocycles. The van der Waals surface area contributed by atoms with Crippen LogP contribution < -0.4 is 44.1 Å². The predicted molar refractivity (Wildman–Crippen MR) is 358 cm³/mol. The van der Waals surface area contributed by atoms with Crippen molar-refractivity contribution in [1.29, 1.82) is 0 Å². The van der Waals surface area contributed by atoms with Gasteiger partial charge in [-0.1, -0.05) is 103 Å². The number of aliphatic hydroxyl groups is 2. The molecule has 0 aliphatic carbocycles. The minimum Gasteiger partial charge on any atom is -1.00 e. The van der Waals surface area contributed by atoms with E-state index in [-0.39, 0.29) is 36.3 Å². The summed E-state index contributed by atoms with van der Waals surface area (Å²) < 4.78 is 71.6. The van der Waals surface area contributed by atoms with Gasteiger partial charge in [-0.15, -0.1) is 0 Å². The smallest absolute Gasteiger partial charge is 0.179 e. The van der Waals surface area contributed by atoms with Gasteiger partial charge >= 0.3 is 0 Å². The Morgan fingerprint density at radius 3 is 1.02 bits per heavy atom. The summed E-state index contributed by atoms with van der Waals surface area (Å²) in [4.78, 5) is 4.68. The molecule has 0 bridgehead atoms. The average molecular weight is 1300 g/mol. The van der Waals surface area contributed by atoms with Gasteiger partial charge in [-0.25, -0.2) is 16.8 Å². The van der Waals surface area contributed by atoms with E-state index in [2.05, 4.69) is 55.9 Å². The van der Waals surface area contributed by atoms with Gasteiger partial charge < -0.3 is 63.3 Å². The maximum atomic E-state index is 14.3. The lowest BCUT2D eigenvalue weighted by atomic mass is 9.68. The number of halogens is 2. The first kappa shape index (κ1) is 76.9. The summed E-state index contributed by atoms with van der Waals surface area (Å²) in [5.74, 6) is 0.574. The maximum absolute atomic E-state index is 14.3. The van der Waals surface area contributed by atoms with Crippen molar-refractivity contribution in [3.8, 4) is 11.5 Å². The molecule has 4 aromatic rings. The minimum absolute atomic E-state index is 0. The largest absolute Gasteiger partial charge is 1.00 e. The number of quaternary nitrogens is 2. The SMILES string of the molecule is CCCCC1(CCCC)CS(=O)(=O)c2ccc(N(C)C)cc2[C@@H](c2ccc(OCCCCC[N+](C)(C)CCCCCC[N+](C)(C)CCCCCOc3ccc([C@@H]4c5cc(N(C)C)ccc5S(=O)(=O)CC(CCCC)(CCCC)[C@@H]4O)cc3)cc2)[C@H]1O.[Cl-].[Cl-]. The second-order valence-corrected chi connectivity index (χ2v) is 31.8. The van der Waals surface area contributed by atoms with E-state index in [1.807, 2.05) is 111 Å².